The van der Waals surface area contributed by atoms with Crippen molar-refractivity contribution in [3.05, 3.63) is 29.3 Å². The highest BCUT2D eigenvalue weighted by molar-refractivity contribution is 5.94. The van der Waals surface area contributed by atoms with E-state index < -0.39 is 5.97 Å². The molecule has 86 valence electrons. The largest absolute Gasteiger partial charge is 0.478 e. The van der Waals surface area contributed by atoms with Crippen molar-refractivity contribution < 1.29 is 9.90 Å². The van der Waals surface area contributed by atoms with Crippen LogP contribution in [0.4, 0.5) is 5.69 Å². The summed E-state index contributed by atoms with van der Waals surface area (Å²) in [6.45, 7) is 4.12. The third-order valence-electron chi connectivity index (χ3n) is 3.30. The van der Waals surface area contributed by atoms with Crippen LogP contribution in [0.25, 0.3) is 0 Å². The lowest BCUT2D eigenvalue weighted by Gasteiger charge is -2.40. The molecule has 0 saturated heterocycles. The van der Waals surface area contributed by atoms with Crippen LogP contribution in [-0.4, -0.2) is 16.6 Å². The lowest BCUT2D eigenvalue weighted by Crippen LogP contribution is -2.42. The third kappa shape index (κ3) is 2.03. The zero-order valence-corrected chi connectivity index (χ0v) is 9.71. The summed E-state index contributed by atoms with van der Waals surface area (Å²) >= 11 is 0. The summed E-state index contributed by atoms with van der Waals surface area (Å²) in [7, 11) is 0. The topological polar surface area (TPSA) is 49.3 Å². The maximum absolute atomic E-state index is 11.1. The van der Waals surface area contributed by atoms with Crippen LogP contribution in [0.1, 0.15) is 42.1 Å². The van der Waals surface area contributed by atoms with Crippen molar-refractivity contribution in [3.63, 3.8) is 0 Å². The normalized spacial score (nSPS) is 17.6. The highest BCUT2D eigenvalue weighted by Gasteiger charge is 2.32. The van der Waals surface area contributed by atoms with Gasteiger partial charge in [0.1, 0.15) is 0 Å². The van der Waals surface area contributed by atoms with E-state index in [0.717, 1.165) is 24.1 Å². The second-order valence-electron chi connectivity index (χ2n) is 4.89. The van der Waals surface area contributed by atoms with E-state index in [2.05, 4.69) is 12.2 Å². The molecule has 0 spiro atoms. The van der Waals surface area contributed by atoms with E-state index >= 15 is 0 Å². The van der Waals surface area contributed by atoms with Crippen LogP contribution in [0.3, 0.4) is 0 Å². The van der Waals surface area contributed by atoms with Crippen LogP contribution < -0.4 is 5.32 Å². The first-order chi connectivity index (χ1) is 7.50. The first-order valence-electron chi connectivity index (χ1n) is 5.62. The fraction of sp³-hybridized carbons (Fsp3) is 0.462. The van der Waals surface area contributed by atoms with Crippen LogP contribution in [0.2, 0.25) is 0 Å². The molecule has 1 aromatic carbocycles. The Hall–Kier alpha value is -1.51. The van der Waals surface area contributed by atoms with Crippen molar-refractivity contribution in [2.75, 3.05) is 5.32 Å². The summed E-state index contributed by atoms with van der Waals surface area (Å²) in [5, 5.41) is 12.5. The minimum atomic E-state index is -0.870. The van der Waals surface area contributed by atoms with Gasteiger partial charge in [-0.25, -0.2) is 4.79 Å². The molecule has 3 heteroatoms. The third-order valence-corrected chi connectivity index (χ3v) is 3.30. The second kappa shape index (κ2) is 3.81. The number of benzene rings is 1. The van der Waals surface area contributed by atoms with E-state index in [1.807, 2.05) is 19.1 Å². The van der Waals surface area contributed by atoms with Crippen LogP contribution in [0, 0.1) is 6.92 Å². The van der Waals surface area contributed by atoms with Crippen molar-refractivity contribution in [1.29, 1.82) is 0 Å². The number of aromatic carboxylic acids is 1. The summed E-state index contributed by atoms with van der Waals surface area (Å²) in [6.07, 6.45) is 3.44. The SMILES string of the molecule is Cc1ccc(C(=O)O)c(NC2(C)CCC2)c1. The number of hydrogen-bond donors (Lipinski definition) is 2. The predicted octanol–water partition coefficient (Wildman–Crippen LogP) is 3.05. The maximum atomic E-state index is 11.1. The Balaban J connectivity index is 2.30. The molecule has 2 rings (SSSR count). The Kier molecular flexibility index (Phi) is 2.62. The van der Waals surface area contributed by atoms with Gasteiger partial charge < -0.3 is 10.4 Å². The molecule has 2 N–H and O–H groups in total. The lowest BCUT2D eigenvalue weighted by atomic mass is 9.78. The molecule has 1 aromatic rings. The molecule has 0 amide bonds. The Morgan fingerprint density at radius 2 is 2.12 bits per heavy atom. The number of anilines is 1. The average molecular weight is 219 g/mol. The van der Waals surface area contributed by atoms with Gasteiger partial charge in [-0.05, 0) is 50.8 Å². The van der Waals surface area contributed by atoms with E-state index in [1.54, 1.807) is 6.07 Å². The fourth-order valence-electron chi connectivity index (χ4n) is 2.11. The predicted molar refractivity (Wildman–Crippen MR) is 64.0 cm³/mol. The summed E-state index contributed by atoms with van der Waals surface area (Å²) in [5.74, 6) is -0.870. The fourth-order valence-corrected chi connectivity index (χ4v) is 2.11. The molecule has 1 saturated carbocycles. The smallest absolute Gasteiger partial charge is 0.337 e. The van der Waals surface area contributed by atoms with Gasteiger partial charge in [-0.15, -0.1) is 0 Å². The zero-order valence-electron chi connectivity index (χ0n) is 9.71. The van der Waals surface area contributed by atoms with E-state index in [-0.39, 0.29) is 5.54 Å². The molecule has 3 nitrogen and oxygen atoms in total. The molecule has 0 bridgehead atoms. The highest BCUT2D eigenvalue weighted by Crippen LogP contribution is 2.35. The zero-order chi connectivity index (χ0) is 11.8. The van der Waals surface area contributed by atoms with Crippen molar-refractivity contribution >= 4 is 11.7 Å². The van der Waals surface area contributed by atoms with Crippen molar-refractivity contribution in [1.82, 2.24) is 0 Å². The van der Waals surface area contributed by atoms with E-state index in [0.29, 0.717) is 5.56 Å². The monoisotopic (exact) mass is 219 g/mol. The summed E-state index contributed by atoms with van der Waals surface area (Å²) in [4.78, 5) is 11.1. The second-order valence-corrected chi connectivity index (χ2v) is 4.89. The number of hydrogen-bond acceptors (Lipinski definition) is 2. The van der Waals surface area contributed by atoms with Crippen molar-refractivity contribution in [2.45, 2.75) is 38.6 Å². The first-order valence-corrected chi connectivity index (χ1v) is 5.62. The molecule has 1 fully saturated rings. The van der Waals surface area contributed by atoms with Crippen LogP contribution in [-0.2, 0) is 0 Å². The standard InChI is InChI=1S/C13H17NO2/c1-9-4-5-10(12(15)16)11(8-9)14-13(2)6-3-7-13/h4-5,8,14H,3,6-7H2,1-2H3,(H,15,16). The van der Waals surface area contributed by atoms with E-state index in [4.69, 9.17) is 5.11 Å². The number of rotatable bonds is 3. The molecule has 0 aromatic heterocycles. The lowest BCUT2D eigenvalue weighted by molar-refractivity contribution is 0.0697. The molecule has 0 radical (unpaired) electrons. The van der Waals surface area contributed by atoms with E-state index in [9.17, 15) is 4.79 Å². The molecule has 0 aliphatic heterocycles. The molecular formula is C13H17NO2. The van der Waals surface area contributed by atoms with Gasteiger partial charge in [0, 0.05) is 11.2 Å². The minimum absolute atomic E-state index is 0.0813. The van der Waals surface area contributed by atoms with Gasteiger partial charge in [0.2, 0.25) is 0 Å². The number of carbonyl (C=O) groups is 1. The quantitative estimate of drug-likeness (QED) is 0.821. The van der Waals surface area contributed by atoms with Gasteiger partial charge in [-0.3, -0.25) is 0 Å². The highest BCUT2D eigenvalue weighted by atomic mass is 16.4. The summed E-state index contributed by atoms with van der Waals surface area (Å²) in [5.41, 5.74) is 2.27. The maximum Gasteiger partial charge on any atom is 0.337 e. The summed E-state index contributed by atoms with van der Waals surface area (Å²) in [6, 6.07) is 5.41. The molecule has 0 heterocycles. The Bertz CT molecular complexity index is 422. The number of aryl methyl sites for hydroxylation is 1. The van der Waals surface area contributed by atoms with Crippen LogP contribution in [0.5, 0.6) is 0 Å². The Morgan fingerprint density at radius 1 is 1.44 bits per heavy atom. The van der Waals surface area contributed by atoms with E-state index in [1.165, 1.54) is 6.42 Å². The molecular weight excluding hydrogens is 202 g/mol. The molecule has 1 aliphatic rings. The van der Waals surface area contributed by atoms with Gasteiger partial charge >= 0.3 is 5.97 Å². The van der Waals surface area contributed by atoms with Gasteiger partial charge in [0.25, 0.3) is 0 Å². The van der Waals surface area contributed by atoms with Gasteiger partial charge in [0.15, 0.2) is 0 Å². The Morgan fingerprint density at radius 3 is 2.62 bits per heavy atom. The average Bonchev–Trinajstić information content (AvgIpc) is 2.15. The minimum Gasteiger partial charge on any atom is -0.478 e. The Labute approximate surface area is 95.5 Å². The van der Waals surface area contributed by atoms with Gasteiger partial charge in [0.05, 0.1) is 5.56 Å². The van der Waals surface area contributed by atoms with Crippen molar-refractivity contribution in [3.8, 4) is 0 Å². The number of nitrogens with one attached hydrogen (secondary N) is 1. The molecule has 16 heavy (non-hydrogen) atoms. The van der Waals surface area contributed by atoms with Crippen LogP contribution in [0.15, 0.2) is 18.2 Å². The molecule has 0 unspecified atom stereocenters. The van der Waals surface area contributed by atoms with Gasteiger partial charge in [-0.2, -0.15) is 0 Å². The molecule has 1 aliphatic carbocycles. The van der Waals surface area contributed by atoms with Crippen LogP contribution >= 0.6 is 0 Å². The van der Waals surface area contributed by atoms with Crippen molar-refractivity contribution in [2.24, 2.45) is 0 Å². The first kappa shape index (κ1) is 11.0. The summed E-state index contributed by atoms with van der Waals surface area (Å²) < 4.78 is 0. The number of carboxylic acid groups (broad SMARTS) is 1. The number of carboxylic acids is 1. The van der Waals surface area contributed by atoms with Gasteiger partial charge in [-0.1, -0.05) is 6.07 Å². The molecule has 0 atom stereocenters.